The average Bonchev–Trinajstić information content (AvgIpc) is 2.62. The maximum atomic E-state index is 5.59. The van der Waals surface area contributed by atoms with Crippen molar-refractivity contribution in [3.05, 3.63) is 11.4 Å². The van der Waals surface area contributed by atoms with E-state index in [9.17, 15) is 0 Å². The van der Waals surface area contributed by atoms with Crippen LogP contribution in [0.15, 0.2) is 0 Å². The zero-order valence-electron chi connectivity index (χ0n) is 10.9. The van der Waals surface area contributed by atoms with Crippen LogP contribution in [0.5, 0.6) is 0 Å². The lowest BCUT2D eigenvalue weighted by Crippen LogP contribution is -2.16. The number of nitrogens with zero attached hydrogens (tertiary/aromatic N) is 3. The van der Waals surface area contributed by atoms with Gasteiger partial charge in [0.05, 0.1) is 17.4 Å². The van der Waals surface area contributed by atoms with Gasteiger partial charge in [-0.2, -0.15) is 0 Å². The smallest absolute Gasteiger partial charge is 0.0871 e. The quantitative estimate of drug-likeness (QED) is 0.803. The summed E-state index contributed by atoms with van der Waals surface area (Å²) >= 11 is 0. The first-order valence-electron chi connectivity index (χ1n) is 6.24. The van der Waals surface area contributed by atoms with E-state index in [0.29, 0.717) is 18.5 Å². The van der Waals surface area contributed by atoms with Crippen LogP contribution in [0.2, 0.25) is 0 Å². The van der Waals surface area contributed by atoms with Gasteiger partial charge < -0.3 is 5.73 Å². The molecule has 0 radical (unpaired) electrons. The highest BCUT2D eigenvalue weighted by Gasteiger charge is 2.17. The summed E-state index contributed by atoms with van der Waals surface area (Å²) in [5.74, 6) is 0.572. The van der Waals surface area contributed by atoms with E-state index in [4.69, 9.17) is 5.73 Å². The number of hydrogen-bond acceptors (Lipinski definition) is 3. The average molecular weight is 224 g/mol. The molecule has 1 unspecified atom stereocenters. The summed E-state index contributed by atoms with van der Waals surface area (Å²) < 4.78 is 2.08. The molecule has 1 atom stereocenters. The molecule has 0 aromatic carbocycles. The molecule has 1 heterocycles. The standard InChI is InChI=1S/C12H24N4/c1-5-6-12-11(7-8-13)14-15-16(12)10(4)9(2)3/h9-10H,5-8,13H2,1-4H3. The predicted molar refractivity (Wildman–Crippen MR) is 66.3 cm³/mol. The SMILES string of the molecule is CCCc1c(CCN)nnn1C(C)C(C)C. The van der Waals surface area contributed by atoms with Crippen molar-refractivity contribution in [2.24, 2.45) is 11.7 Å². The van der Waals surface area contributed by atoms with Gasteiger partial charge in [0.2, 0.25) is 0 Å². The monoisotopic (exact) mass is 224 g/mol. The first-order chi connectivity index (χ1) is 7.61. The molecule has 1 rings (SSSR count). The molecule has 92 valence electrons. The molecule has 16 heavy (non-hydrogen) atoms. The number of nitrogens with two attached hydrogens (primary N) is 1. The van der Waals surface area contributed by atoms with Crippen LogP contribution in [0.4, 0.5) is 0 Å². The van der Waals surface area contributed by atoms with Gasteiger partial charge in [-0.15, -0.1) is 5.10 Å². The third-order valence-electron chi connectivity index (χ3n) is 3.09. The minimum Gasteiger partial charge on any atom is -0.330 e. The van der Waals surface area contributed by atoms with E-state index in [-0.39, 0.29) is 0 Å². The van der Waals surface area contributed by atoms with Crippen molar-refractivity contribution in [2.75, 3.05) is 6.54 Å². The summed E-state index contributed by atoms with van der Waals surface area (Å²) in [4.78, 5) is 0. The fourth-order valence-corrected chi connectivity index (χ4v) is 1.78. The molecule has 0 aliphatic rings. The van der Waals surface area contributed by atoms with Crippen molar-refractivity contribution in [2.45, 2.75) is 53.0 Å². The Morgan fingerprint density at radius 2 is 1.94 bits per heavy atom. The van der Waals surface area contributed by atoms with E-state index in [1.807, 2.05) is 0 Å². The van der Waals surface area contributed by atoms with Gasteiger partial charge in [-0.3, -0.25) is 0 Å². The Bertz CT molecular complexity index is 317. The number of aromatic nitrogens is 3. The molecule has 0 bridgehead atoms. The van der Waals surface area contributed by atoms with Crippen molar-refractivity contribution in [3.63, 3.8) is 0 Å². The van der Waals surface area contributed by atoms with Crippen LogP contribution < -0.4 is 5.73 Å². The minimum absolute atomic E-state index is 0.403. The molecule has 4 nitrogen and oxygen atoms in total. The fourth-order valence-electron chi connectivity index (χ4n) is 1.78. The van der Waals surface area contributed by atoms with Gasteiger partial charge in [0.15, 0.2) is 0 Å². The molecule has 0 aliphatic heterocycles. The molecule has 0 saturated heterocycles. The maximum absolute atomic E-state index is 5.59. The van der Waals surface area contributed by atoms with Crippen molar-refractivity contribution in [1.29, 1.82) is 0 Å². The lowest BCUT2D eigenvalue weighted by atomic mass is 10.1. The van der Waals surface area contributed by atoms with E-state index >= 15 is 0 Å². The Hall–Kier alpha value is -0.900. The van der Waals surface area contributed by atoms with Crippen LogP contribution in [-0.4, -0.2) is 21.5 Å². The van der Waals surface area contributed by atoms with Gasteiger partial charge in [-0.05, 0) is 25.8 Å². The van der Waals surface area contributed by atoms with Gasteiger partial charge in [-0.25, -0.2) is 4.68 Å². The molecule has 4 heteroatoms. The summed E-state index contributed by atoms with van der Waals surface area (Å²) in [5.41, 5.74) is 7.95. The normalized spacial score (nSPS) is 13.4. The van der Waals surface area contributed by atoms with E-state index in [1.165, 1.54) is 5.69 Å². The van der Waals surface area contributed by atoms with Crippen molar-refractivity contribution in [1.82, 2.24) is 15.0 Å². The summed E-state index contributed by atoms with van der Waals surface area (Å²) in [7, 11) is 0. The van der Waals surface area contributed by atoms with Gasteiger partial charge in [-0.1, -0.05) is 32.4 Å². The number of rotatable bonds is 6. The first kappa shape index (κ1) is 13.2. The molecule has 0 saturated carbocycles. The van der Waals surface area contributed by atoms with Crippen LogP contribution in [-0.2, 0) is 12.8 Å². The van der Waals surface area contributed by atoms with E-state index in [1.54, 1.807) is 0 Å². The summed E-state index contributed by atoms with van der Waals surface area (Å²) in [6.07, 6.45) is 3.00. The van der Waals surface area contributed by atoms with Crippen LogP contribution in [0, 0.1) is 5.92 Å². The highest BCUT2D eigenvalue weighted by atomic mass is 15.4. The second kappa shape index (κ2) is 5.99. The Labute approximate surface area is 98.2 Å². The van der Waals surface area contributed by atoms with Crippen molar-refractivity contribution < 1.29 is 0 Å². The van der Waals surface area contributed by atoms with Crippen LogP contribution in [0.1, 0.15) is 51.5 Å². The minimum atomic E-state index is 0.403. The van der Waals surface area contributed by atoms with Crippen molar-refractivity contribution in [3.8, 4) is 0 Å². The van der Waals surface area contributed by atoms with Crippen molar-refractivity contribution >= 4 is 0 Å². The third kappa shape index (κ3) is 2.82. The summed E-state index contributed by atoms with van der Waals surface area (Å²) in [6, 6.07) is 0.403. The van der Waals surface area contributed by atoms with E-state index in [0.717, 1.165) is 25.0 Å². The van der Waals surface area contributed by atoms with E-state index in [2.05, 4.69) is 42.7 Å². The van der Waals surface area contributed by atoms with Gasteiger partial charge >= 0.3 is 0 Å². The number of hydrogen-bond donors (Lipinski definition) is 1. The second-order valence-electron chi connectivity index (χ2n) is 4.70. The van der Waals surface area contributed by atoms with Crippen LogP contribution >= 0.6 is 0 Å². The molecule has 1 aromatic rings. The highest BCUT2D eigenvalue weighted by molar-refractivity contribution is 5.11. The zero-order chi connectivity index (χ0) is 12.1. The zero-order valence-corrected chi connectivity index (χ0v) is 10.9. The lowest BCUT2D eigenvalue weighted by Gasteiger charge is -2.18. The molecule has 0 spiro atoms. The third-order valence-corrected chi connectivity index (χ3v) is 3.09. The topological polar surface area (TPSA) is 56.7 Å². The Kier molecular flexibility index (Phi) is 4.93. The van der Waals surface area contributed by atoms with E-state index < -0.39 is 0 Å². The summed E-state index contributed by atoms with van der Waals surface area (Å²) in [5, 5.41) is 8.55. The second-order valence-corrected chi connectivity index (χ2v) is 4.70. The largest absolute Gasteiger partial charge is 0.330 e. The molecular weight excluding hydrogens is 200 g/mol. The highest BCUT2D eigenvalue weighted by Crippen LogP contribution is 2.20. The Morgan fingerprint density at radius 3 is 2.44 bits per heavy atom. The molecule has 0 aliphatic carbocycles. The fraction of sp³-hybridized carbons (Fsp3) is 0.833. The Balaban J connectivity index is 2.99. The Morgan fingerprint density at radius 1 is 1.25 bits per heavy atom. The van der Waals surface area contributed by atoms with Gasteiger partial charge in [0.1, 0.15) is 0 Å². The molecule has 0 fully saturated rings. The van der Waals surface area contributed by atoms with Gasteiger partial charge in [0, 0.05) is 6.42 Å². The van der Waals surface area contributed by atoms with Crippen LogP contribution in [0.25, 0.3) is 0 Å². The molecule has 0 amide bonds. The molecule has 1 aromatic heterocycles. The maximum Gasteiger partial charge on any atom is 0.0871 e. The van der Waals surface area contributed by atoms with Gasteiger partial charge in [0.25, 0.3) is 0 Å². The van der Waals surface area contributed by atoms with Crippen LogP contribution in [0.3, 0.4) is 0 Å². The lowest BCUT2D eigenvalue weighted by molar-refractivity contribution is 0.357. The first-order valence-corrected chi connectivity index (χ1v) is 6.24. The predicted octanol–water partition coefficient (Wildman–Crippen LogP) is 1.95. The molecular formula is C12H24N4. The summed E-state index contributed by atoms with van der Waals surface area (Å²) in [6.45, 7) is 9.45. The molecule has 2 N–H and O–H groups in total.